The molecular weight excluding hydrogens is 262 g/mol. The van der Waals surface area contributed by atoms with Gasteiger partial charge >= 0.3 is 0 Å². The third kappa shape index (κ3) is 5.04. The van der Waals surface area contributed by atoms with E-state index in [-0.39, 0.29) is 0 Å². The van der Waals surface area contributed by atoms with Gasteiger partial charge in [-0.2, -0.15) is 5.26 Å². The molecule has 0 spiro atoms. The predicted molar refractivity (Wildman–Crippen MR) is 85.2 cm³/mol. The summed E-state index contributed by atoms with van der Waals surface area (Å²) in [5.74, 6) is 0. The number of nitrogens with zero attached hydrogens (tertiary/aromatic N) is 1. The van der Waals surface area contributed by atoms with Gasteiger partial charge in [-0.1, -0.05) is 6.07 Å². The quantitative estimate of drug-likeness (QED) is 0.789. The third-order valence-corrected chi connectivity index (χ3v) is 4.00. The highest BCUT2D eigenvalue weighted by atomic mass is 16.5. The van der Waals surface area contributed by atoms with Crippen molar-refractivity contribution in [1.82, 2.24) is 0 Å². The molecule has 0 unspecified atom stereocenters. The molecule has 1 fully saturated rings. The second kappa shape index (κ2) is 8.02. The maximum Gasteiger partial charge on any atom is 0.101 e. The number of nitriles is 1. The van der Waals surface area contributed by atoms with Crippen LogP contribution in [-0.2, 0) is 4.74 Å². The standard InChI is InChI=1S/C17H25N3O/c1-13-3-4-14(12-18)17(11-13)20-9-2-10-21-16-7-5-15(19)6-8-16/h3-4,11,15-16,20H,2,5-10,19H2,1H3. The molecule has 1 aromatic rings. The zero-order valence-electron chi connectivity index (χ0n) is 12.8. The molecule has 0 aromatic heterocycles. The number of benzene rings is 1. The molecule has 1 aromatic carbocycles. The number of hydrogen-bond donors (Lipinski definition) is 2. The highest BCUT2D eigenvalue weighted by molar-refractivity contribution is 5.58. The Bertz CT molecular complexity index is 487. The summed E-state index contributed by atoms with van der Waals surface area (Å²) in [5.41, 5.74) is 8.66. The van der Waals surface area contributed by atoms with Gasteiger partial charge in [0, 0.05) is 19.2 Å². The van der Waals surface area contributed by atoms with Gasteiger partial charge in [-0.3, -0.25) is 0 Å². The normalized spacial score (nSPS) is 21.8. The molecule has 114 valence electrons. The fraction of sp³-hybridized carbons (Fsp3) is 0.588. The Morgan fingerprint density at radius 2 is 2.10 bits per heavy atom. The minimum atomic E-state index is 0.372. The van der Waals surface area contributed by atoms with E-state index in [0.717, 1.165) is 56.5 Å². The van der Waals surface area contributed by atoms with Crippen LogP contribution in [0.15, 0.2) is 18.2 Å². The maximum absolute atomic E-state index is 9.08. The van der Waals surface area contributed by atoms with Gasteiger partial charge in [-0.05, 0) is 56.7 Å². The number of aryl methyl sites for hydroxylation is 1. The van der Waals surface area contributed by atoms with Gasteiger partial charge in [0.15, 0.2) is 0 Å². The average molecular weight is 287 g/mol. The van der Waals surface area contributed by atoms with Crippen molar-refractivity contribution >= 4 is 5.69 Å². The Morgan fingerprint density at radius 3 is 2.81 bits per heavy atom. The van der Waals surface area contributed by atoms with Crippen molar-refractivity contribution in [3.63, 3.8) is 0 Å². The molecule has 0 atom stereocenters. The molecule has 4 heteroatoms. The summed E-state index contributed by atoms with van der Waals surface area (Å²) in [6.45, 7) is 3.62. The van der Waals surface area contributed by atoms with Crippen LogP contribution in [0, 0.1) is 18.3 Å². The molecule has 0 amide bonds. The van der Waals surface area contributed by atoms with Crippen molar-refractivity contribution in [3.8, 4) is 6.07 Å². The molecule has 3 N–H and O–H groups in total. The summed E-state index contributed by atoms with van der Waals surface area (Å²) in [5, 5.41) is 12.4. The number of nitrogens with one attached hydrogen (secondary N) is 1. The van der Waals surface area contributed by atoms with E-state index in [0.29, 0.717) is 17.7 Å². The highest BCUT2D eigenvalue weighted by Crippen LogP contribution is 2.20. The van der Waals surface area contributed by atoms with Crippen molar-refractivity contribution in [3.05, 3.63) is 29.3 Å². The van der Waals surface area contributed by atoms with Gasteiger partial charge < -0.3 is 15.8 Å². The van der Waals surface area contributed by atoms with Crippen molar-refractivity contribution in [2.24, 2.45) is 5.73 Å². The molecular formula is C17H25N3O. The molecule has 21 heavy (non-hydrogen) atoms. The van der Waals surface area contributed by atoms with Gasteiger partial charge in [0.25, 0.3) is 0 Å². The molecule has 0 bridgehead atoms. The van der Waals surface area contributed by atoms with Crippen molar-refractivity contribution in [2.45, 2.75) is 51.2 Å². The van der Waals surface area contributed by atoms with Crippen LogP contribution in [0.3, 0.4) is 0 Å². The first-order valence-corrected chi connectivity index (χ1v) is 7.81. The molecule has 4 nitrogen and oxygen atoms in total. The van der Waals surface area contributed by atoms with Crippen molar-refractivity contribution < 1.29 is 4.74 Å². The topological polar surface area (TPSA) is 71.1 Å². The van der Waals surface area contributed by atoms with Gasteiger partial charge in [0.1, 0.15) is 6.07 Å². The summed E-state index contributed by atoms with van der Waals surface area (Å²) >= 11 is 0. The summed E-state index contributed by atoms with van der Waals surface area (Å²) in [7, 11) is 0. The lowest BCUT2D eigenvalue weighted by Gasteiger charge is -2.26. The SMILES string of the molecule is Cc1ccc(C#N)c(NCCCOC2CCC(N)CC2)c1. The minimum Gasteiger partial charge on any atom is -0.384 e. The largest absolute Gasteiger partial charge is 0.384 e. The zero-order chi connectivity index (χ0) is 15.1. The Labute approximate surface area is 127 Å². The fourth-order valence-electron chi connectivity index (χ4n) is 2.70. The van der Waals surface area contributed by atoms with Crippen LogP contribution in [0.2, 0.25) is 0 Å². The van der Waals surface area contributed by atoms with E-state index in [1.54, 1.807) is 0 Å². The Hall–Kier alpha value is -1.57. The second-order valence-electron chi connectivity index (χ2n) is 5.85. The second-order valence-corrected chi connectivity index (χ2v) is 5.85. The number of anilines is 1. The predicted octanol–water partition coefficient (Wildman–Crippen LogP) is 2.96. The summed E-state index contributed by atoms with van der Waals surface area (Å²) < 4.78 is 5.89. The van der Waals surface area contributed by atoms with Crippen LogP contribution in [0.25, 0.3) is 0 Å². The van der Waals surface area contributed by atoms with E-state index in [9.17, 15) is 0 Å². The molecule has 0 saturated heterocycles. The molecule has 1 aliphatic rings. The Kier molecular flexibility index (Phi) is 6.04. The summed E-state index contributed by atoms with van der Waals surface area (Å²) in [4.78, 5) is 0. The van der Waals surface area contributed by atoms with Gasteiger partial charge in [-0.25, -0.2) is 0 Å². The summed E-state index contributed by atoms with van der Waals surface area (Å²) in [6.07, 6.45) is 5.67. The van der Waals surface area contributed by atoms with Gasteiger partial charge in [0.05, 0.1) is 17.4 Å². The van der Waals surface area contributed by atoms with Crippen LogP contribution < -0.4 is 11.1 Å². The fourth-order valence-corrected chi connectivity index (χ4v) is 2.70. The smallest absolute Gasteiger partial charge is 0.101 e. The number of hydrogen-bond acceptors (Lipinski definition) is 4. The molecule has 1 aliphatic carbocycles. The molecule has 0 heterocycles. The van der Waals surface area contributed by atoms with Crippen molar-refractivity contribution in [2.75, 3.05) is 18.5 Å². The molecule has 0 radical (unpaired) electrons. The monoisotopic (exact) mass is 287 g/mol. The van der Waals surface area contributed by atoms with E-state index in [2.05, 4.69) is 11.4 Å². The first-order valence-electron chi connectivity index (χ1n) is 7.81. The third-order valence-electron chi connectivity index (χ3n) is 4.00. The molecule has 0 aliphatic heterocycles. The van der Waals surface area contributed by atoms with Crippen molar-refractivity contribution in [1.29, 1.82) is 5.26 Å². The van der Waals surface area contributed by atoms with Gasteiger partial charge in [0.2, 0.25) is 0 Å². The van der Waals surface area contributed by atoms with E-state index in [1.807, 2.05) is 25.1 Å². The highest BCUT2D eigenvalue weighted by Gasteiger charge is 2.18. The van der Waals surface area contributed by atoms with Gasteiger partial charge in [-0.15, -0.1) is 0 Å². The Balaban J connectivity index is 1.66. The van der Waals surface area contributed by atoms with Crippen LogP contribution in [0.5, 0.6) is 0 Å². The van der Waals surface area contributed by atoms with Crippen LogP contribution >= 0.6 is 0 Å². The first kappa shape index (κ1) is 15.8. The lowest BCUT2D eigenvalue weighted by atomic mass is 9.94. The van der Waals surface area contributed by atoms with E-state index in [1.165, 1.54) is 0 Å². The van der Waals surface area contributed by atoms with E-state index >= 15 is 0 Å². The first-order chi connectivity index (χ1) is 10.2. The molecule has 2 rings (SSSR count). The average Bonchev–Trinajstić information content (AvgIpc) is 2.49. The summed E-state index contributed by atoms with van der Waals surface area (Å²) in [6, 6.07) is 8.42. The zero-order valence-corrected chi connectivity index (χ0v) is 12.8. The van der Waals surface area contributed by atoms with Crippen LogP contribution in [0.4, 0.5) is 5.69 Å². The maximum atomic E-state index is 9.08. The lowest BCUT2D eigenvalue weighted by molar-refractivity contribution is 0.0251. The number of ether oxygens (including phenoxy) is 1. The van der Waals surface area contributed by atoms with Crippen LogP contribution in [0.1, 0.15) is 43.2 Å². The minimum absolute atomic E-state index is 0.372. The Morgan fingerprint density at radius 1 is 1.33 bits per heavy atom. The van der Waals surface area contributed by atoms with E-state index < -0.39 is 0 Å². The lowest BCUT2D eigenvalue weighted by Crippen LogP contribution is -2.30. The number of rotatable bonds is 6. The van der Waals surface area contributed by atoms with E-state index in [4.69, 9.17) is 15.7 Å². The van der Waals surface area contributed by atoms with Crippen LogP contribution in [-0.4, -0.2) is 25.3 Å². The number of nitrogens with two attached hydrogens (primary N) is 1. The molecule has 1 saturated carbocycles.